The van der Waals surface area contributed by atoms with Gasteiger partial charge in [0.2, 0.25) is 17.6 Å². The van der Waals surface area contributed by atoms with Gasteiger partial charge in [0, 0.05) is 13.3 Å². The quantitative estimate of drug-likeness (QED) is 0.293. The smallest absolute Gasteiger partial charge is 0.370 e. The van der Waals surface area contributed by atoms with Crippen molar-refractivity contribution in [1.82, 2.24) is 10.6 Å². The van der Waals surface area contributed by atoms with Crippen LogP contribution in [0.4, 0.5) is 0 Å². The maximum atomic E-state index is 11.7. The first-order valence-electron chi connectivity index (χ1n) is 7.36. The molecule has 1 aliphatic heterocycles. The molecular formula is C14H22N2O8. The van der Waals surface area contributed by atoms with Gasteiger partial charge in [-0.15, -0.1) is 0 Å². The minimum Gasteiger partial charge on any atom is -0.478 e. The number of aliphatic carboxylic acids is 1. The first-order valence-corrected chi connectivity index (χ1v) is 7.36. The zero-order valence-electron chi connectivity index (χ0n) is 13.3. The van der Waals surface area contributed by atoms with Gasteiger partial charge in [0.1, 0.15) is 18.3 Å². The summed E-state index contributed by atoms with van der Waals surface area (Å²) in [5.41, 5.74) is 0. The molecule has 0 aromatic carbocycles. The predicted molar refractivity (Wildman–Crippen MR) is 79.5 cm³/mol. The minimum absolute atomic E-state index is 0.118. The maximum Gasteiger partial charge on any atom is 0.370 e. The molecule has 5 atom stereocenters. The van der Waals surface area contributed by atoms with Gasteiger partial charge in [0.25, 0.3) is 0 Å². The Morgan fingerprint density at radius 1 is 1.29 bits per heavy atom. The minimum atomic E-state index is -1.70. The molecule has 6 N–H and O–H groups in total. The summed E-state index contributed by atoms with van der Waals surface area (Å²) in [4.78, 5) is 34.3. The number of carbonyl (C=O) groups is 3. The summed E-state index contributed by atoms with van der Waals surface area (Å²) >= 11 is 0. The van der Waals surface area contributed by atoms with Gasteiger partial charge in [-0.3, -0.25) is 9.59 Å². The average molecular weight is 346 g/mol. The summed E-state index contributed by atoms with van der Waals surface area (Å²) in [6.07, 6.45) is -3.50. The van der Waals surface area contributed by atoms with Crippen LogP contribution in [0.15, 0.2) is 11.8 Å². The van der Waals surface area contributed by atoms with E-state index in [0.717, 1.165) is 6.08 Å². The van der Waals surface area contributed by atoms with Crippen LogP contribution in [0.1, 0.15) is 20.3 Å². The summed E-state index contributed by atoms with van der Waals surface area (Å²) < 4.78 is 5.17. The van der Waals surface area contributed by atoms with Crippen LogP contribution in [0.5, 0.6) is 0 Å². The molecular weight excluding hydrogens is 324 g/mol. The van der Waals surface area contributed by atoms with Crippen LogP contribution in [-0.2, 0) is 19.1 Å². The second-order valence-electron chi connectivity index (χ2n) is 5.33. The van der Waals surface area contributed by atoms with E-state index in [-0.39, 0.29) is 6.42 Å². The van der Waals surface area contributed by atoms with Crippen molar-refractivity contribution in [3.63, 3.8) is 0 Å². The third kappa shape index (κ3) is 4.91. The van der Waals surface area contributed by atoms with Gasteiger partial charge < -0.3 is 35.8 Å². The zero-order chi connectivity index (χ0) is 18.4. The van der Waals surface area contributed by atoms with Gasteiger partial charge >= 0.3 is 5.97 Å². The number of hydrogen-bond acceptors (Lipinski definition) is 7. The van der Waals surface area contributed by atoms with E-state index in [1.807, 2.05) is 0 Å². The molecule has 136 valence electrons. The Morgan fingerprint density at radius 3 is 2.38 bits per heavy atom. The lowest BCUT2D eigenvalue weighted by Gasteiger charge is -2.40. The standard InChI is InChI=1S/C14H22N2O8/c1-3-10(20)16-7-4-9(14(22)23)24-13(11(7)15-6(2)18)12(21)8(19)5-17/h4,7-8,11-13,17,19,21H,3,5H2,1-2H3,(H,15,18)(H,16,20)(H,22,23)/t7-,8+,11+,12+,13+/m0/s1. The van der Waals surface area contributed by atoms with Crippen molar-refractivity contribution in [2.45, 2.75) is 50.7 Å². The highest BCUT2D eigenvalue weighted by molar-refractivity contribution is 5.85. The Labute approximate surface area is 138 Å². The van der Waals surface area contributed by atoms with Crippen molar-refractivity contribution in [1.29, 1.82) is 0 Å². The van der Waals surface area contributed by atoms with Crippen LogP contribution in [-0.4, -0.2) is 75.2 Å². The largest absolute Gasteiger partial charge is 0.478 e. The molecule has 10 nitrogen and oxygen atoms in total. The van der Waals surface area contributed by atoms with Crippen LogP contribution in [0, 0.1) is 0 Å². The van der Waals surface area contributed by atoms with E-state index in [9.17, 15) is 24.6 Å². The molecule has 0 saturated carbocycles. The third-order valence-corrected chi connectivity index (χ3v) is 3.48. The van der Waals surface area contributed by atoms with Crippen molar-refractivity contribution >= 4 is 17.8 Å². The average Bonchev–Trinajstić information content (AvgIpc) is 2.53. The molecule has 1 rings (SSSR count). The number of rotatable bonds is 7. The fraction of sp³-hybridized carbons (Fsp3) is 0.643. The molecule has 0 fully saturated rings. The molecule has 0 aromatic heterocycles. The number of nitrogens with one attached hydrogen (secondary N) is 2. The van der Waals surface area contributed by atoms with Crippen molar-refractivity contribution in [3.8, 4) is 0 Å². The Kier molecular flexibility index (Phi) is 7.14. The molecule has 0 radical (unpaired) electrons. The van der Waals surface area contributed by atoms with Crippen LogP contribution in [0.2, 0.25) is 0 Å². The monoisotopic (exact) mass is 346 g/mol. The number of aliphatic hydroxyl groups excluding tert-OH is 3. The Hall–Kier alpha value is -2.17. The summed E-state index contributed by atoms with van der Waals surface area (Å²) in [7, 11) is 0. The van der Waals surface area contributed by atoms with E-state index in [1.54, 1.807) is 6.92 Å². The fourth-order valence-corrected chi connectivity index (χ4v) is 2.29. The number of carboxylic acids is 1. The van der Waals surface area contributed by atoms with Crippen molar-refractivity contribution in [3.05, 3.63) is 11.8 Å². The summed E-state index contributed by atoms with van der Waals surface area (Å²) in [6.45, 7) is 1.98. The Bertz CT molecular complexity index is 521. The number of ether oxygens (including phenoxy) is 1. The maximum absolute atomic E-state index is 11.7. The molecule has 0 spiro atoms. The Morgan fingerprint density at radius 2 is 1.92 bits per heavy atom. The van der Waals surface area contributed by atoms with E-state index in [2.05, 4.69) is 10.6 Å². The molecule has 0 aromatic rings. The highest BCUT2D eigenvalue weighted by Gasteiger charge is 2.43. The van der Waals surface area contributed by atoms with Gasteiger partial charge in [-0.1, -0.05) is 6.92 Å². The first-order chi connectivity index (χ1) is 11.2. The third-order valence-electron chi connectivity index (χ3n) is 3.48. The normalized spacial score (nSPS) is 25.7. The van der Waals surface area contributed by atoms with Crippen molar-refractivity contribution < 1.29 is 39.5 Å². The zero-order valence-corrected chi connectivity index (χ0v) is 13.3. The SMILES string of the molecule is CCC(=O)N[C@H]1C=C(C(=O)O)O[C@@H]([C@H](O)[C@H](O)CO)[C@@H]1NC(C)=O. The highest BCUT2D eigenvalue weighted by Crippen LogP contribution is 2.23. The van der Waals surface area contributed by atoms with E-state index in [0.29, 0.717) is 0 Å². The van der Waals surface area contributed by atoms with Crippen LogP contribution < -0.4 is 10.6 Å². The van der Waals surface area contributed by atoms with Gasteiger partial charge in [0.05, 0.1) is 18.7 Å². The van der Waals surface area contributed by atoms with E-state index >= 15 is 0 Å². The number of carbonyl (C=O) groups excluding carboxylic acids is 2. The van der Waals surface area contributed by atoms with E-state index in [1.165, 1.54) is 6.92 Å². The van der Waals surface area contributed by atoms with Crippen LogP contribution in [0.25, 0.3) is 0 Å². The molecule has 0 unspecified atom stereocenters. The molecule has 0 saturated heterocycles. The summed E-state index contributed by atoms with van der Waals surface area (Å²) in [5, 5.41) is 42.8. The second-order valence-corrected chi connectivity index (χ2v) is 5.33. The molecule has 2 amide bonds. The fourth-order valence-electron chi connectivity index (χ4n) is 2.29. The number of hydrogen-bond donors (Lipinski definition) is 6. The molecule has 1 aliphatic rings. The van der Waals surface area contributed by atoms with Crippen molar-refractivity contribution in [2.24, 2.45) is 0 Å². The van der Waals surface area contributed by atoms with Gasteiger partial charge in [-0.2, -0.15) is 0 Å². The van der Waals surface area contributed by atoms with E-state index in [4.69, 9.17) is 14.9 Å². The summed E-state index contributed by atoms with van der Waals surface area (Å²) in [6, 6.07) is -2.02. The predicted octanol–water partition coefficient (Wildman–Crippen LogP) is -2.53. The van der Waals surface area contributed by atoms with Gasteiger partial charge in [-0.05, 0) is 6.08 Å². The number of amides is 2. The number of carboxylic acid groups (broad SMARTS) is 1. The number of aliphatic hydroxyl groups is 3. The lowest BCUT2D eigenvalue weighted by Crippen LogP contribution is -2.63. The Balaban J connectivity index is 3.22. The van der Waals surface area contributed by atoms with Gasteiger partial charge in [-0.25, -0.2) is 4.79 Å². The molecule has 10 heteroatoms. The van der Waals surface area contributed by atoms with Crippen molar-refractivity contribution in [2.75, 3.05) is 6.61 Å². The lowest BCUT2D eigenvalue weighted by atomic mass is 9.92. The first kappa shape index (κ1) is 19.9. The molecule has 0 bridgehead atoms. The highest BCUT2D eigenvalue weighted by atomic mass is 16.5. The topological polar surface area (TPSA) is 165 Å². The lowest BCUT2D eigenvalue weighted by molar-refractivity contribution is -0.147. The van der Waals surface area contributed by atoms with Crippen LogP contribution >= 0.6 is 0 Å². The van der Waals surface area contributed by atoms with Crippen LogP contribution in [0.3, 0.4) is 0 Å². The molecule has 24 heavy (non-hydrogen) atoms. The molecule has 1 heterocycles. The van der Waals surface area contributed by atoms with E-state index < -0.39 is 60.5 Å². The summed E-state index contributed by atoms with van der Waals surface area (Å²) in [5.74, 6) is -2.91. The van der Waals surface area contributed by atoms with Gasteiger partial charge in [0.15, 0.2) is 0 Å². The second kappa shape index (κ2) is 8.62. The molecule has 0 aliphatic carbocycles.